The smallest absolute Gasteiger partial charge is 0.302 e. The normalized spacial score (nSPS) is 38.3. The Balaban J connectivity index is 1.60. The lowest BCUT2D eigenvalue weighted by molar-refractivity contribution is -0.140. The van der Waals surface area contributed by atoms with E-state index >= 15 is 0 Å². The van der Waals surface area contributed by atoms with Crippen LogP contribution in [0, 0.1) is 23.7 Å². The van der Waals surface area contributed by atoms with Gasteiger partial charge in [-0.05, 0) is 62.2 Å². The first kappa shape index (κ1) is 11.3. The van der Waals surface area contributed by atoms with Gasteiger partial charge < -0.3 is 4.74 Å². The Morgan fingerprint density at radius 1 is 1.18 bits per heavy atom. The minimum absolute atomic E-state index is 0.159. The molecule has 94 valence electrons. The van der Waals surface area contributed by atoms with Crippen LogP contribution in [0.25, 0.3) is 0 Å². The van der Waals surface area contributed by atoms with E-state index < -0.39 is 0 Å². The Labute approximate surface area is 103 Å². The third-order valence-electron chi connectivity index (χ3n) is 4.88. The van der Waals surface area contributed by atoms with Gasteiger partial charge in [-0.3, -0.25) is 4.79 Å². The standard InChI is InChI=1S/C15H22O2/c1-10(16)17-4-2-3-15-13-6-11-5-12(8-13)9-14(15)7-11/h3,11-14H,2,4-9H2,1H3. The lowest BCUT2D eigenvalue weighted by atomic mass is 9.54. The molecular formula is C15H22O2. The Kier molecular flexibility index (Phi) is 2.97. The van der Waals surface area contributed by atoms with Crippen LogP contribution in [0.4, 0.5) is 0 Å². The van der Waals surface area contributed by atoms with Gasteiger partial charge in [-0.25, -0.2) is 0 Å². The third kappa shape index (κ3) is 2.27. The highest BCUT2D eigenvalue weighted by molar-refractivity contribution is 5.65. The maximum Gasteiger partial charge on any atom is 0.302 e. The minimum atomic E-state index is -0.159. The molecule has 4 aliphatic carbocycles. The largest absolute Gasteiger partial charge is 0.466 e. The van der Waals surface area contributed by atoms with Gasteiger partial charge in [0.1, 0.15) is 0 Å². The molecule has 2 heteroatoms. The lowest BCUT2D eigenvalue weighted by Crippen LogP contribution is -2.40. The van der Waals surface area contributed by atoms with Gasteiger partial charge in [0.15, 0.2) is 0 Å². The van der Waals surface area contributed by atoms with Gasteiger partial charge in [0, 0.05) is 6.92 Å². The van der Waals surface area contributed by atoms with E-state index in [1.54, 1.807) is 5.57 Å². The number of esters is 1. The fourth-order valence-corrected chi connectivity index (χ4v) is 4.49. The maximum absolute atomic E-state index is 10.7. The highest BCUT2D eigenvalue weighted by atomic mass is 16.5. The number of hydrogen-bond acceptors (Lipinski definition) is 2. The number of carbonyl (C=O) groups is 1. The van der Waals surface area contributed by atoms with Crippen LogP contribution in [0.3, 0.4) is 0 Å². The molecule has 4 bridgehead atoms. The van der Waals surface area contributed by atoms with Gasteiger partial charge in [0.05, 0.1) is 6.61 Å². The van der Waals surface area contributed by atoms with Crippen molar-refractivity contribution in [2.45, 2.75) is 45.4 Å². The highest BCUT2D eigenvalue weighted by Gasteiger charge is 2.44. The number of carbonyl (C=O) groups excluding carboxylic acids is 1. The monoisotopic (exact) mass is 234 g/mol. The van der Waals surface area contributed by atoms with Crippen molar-refractivity contribution in [2.75, 3.05) is 6.61 Å². The molecule has 0 heterocycles. The molecule has 4 fully saturated rings. The van der Waals surface area contributed by atoms with Crippen LogP contribution >= 0.6 is 0 Å². The quantitative estimate of drug-likeness (QED) is 0.425. The van der Waals surface area contributed by atoms with E-state index in [0.29, 0.717) is 6.61 Å². The Bertz CT molecular complexity index is 313. The minimum Gasteiger partial charge on any atom is -0.466 e. The number of allylic oxidation sites excluding steroid dienone is 1. The van der Waals surface area contributed by atoms with Gasteiger partial charge in [-0.15, -0.1) is 0 Å². The van der Waals surface area contributed by atoms with Gasteiger partial charge >= 0.3 is 5.97 Å². The van der Waals surface area contributed by atoms with E-state index in [2.05, 4.69) is 6.08 Å². The fourth-order valence-electron chi connectivity index (χ4n) is 4.49. The van der Waals surface area contributed by atoms with Crippen molar-refractivity contribution < 1.29 is 9.53 Å². The summed E-state index contributed by atoms with van der Waals surface area (Å²) in [5.41, 5.74) is 1.71. The van der Waals surface area contributed by atoms with Crippen LogP contribution in [0.1, 0.15) is 45.4 Å². The van der Waals surface area contributed by atoms with Gasteiger partial charge in [0.25, 0.3) is 0 Å². The average molecular weight is 234 g/mol. The molecular weight excluding hydrogens is 212 g/mol. The van der Waals surface area contributed by atoms with Crippen LogP contribution in [-0.2, 0) is 9.53 Å². The maximum atomic E-state index is 10.7. The molecule has 0 spiro atoms. The van der Waals surface area contributed by atoms with E-state index in [1.807, 2.05) is 0 Å². The molecule has 4 rings (SSSR count). The SMILES string of the molecule is CC(=O)OCCC=C1C2CC3CC(C2)CC1C3. The molecule has 4 aliphatic rings. The molecule has 0 aromatic carbocycles. The van der Waals surface area contributed by atoms with Gasteiger partial charge in [0.2, 0.25) is 0 Å². The predicted octanol–water partition coefficient (Wildman–Crippen LogP) is 3.32. The molecule has 0 aliphatic heterocycles. The summed E-state index contributed by atoms with van der Waals surface area (Å²) in [6, 6.07) is 0. The van der Waals surface area contributed by atoms with Crippen LogP contribution in [0.2, 0.25) is 0 Å². The average Bonchev–Trinajstić information content (AvgIpc) is 2.25. The summed E-state index contributed by atoms with van der Waals surface area (Å²) < 4.78 is 5.00. The molecule has 0 unspecified atom stereocenters. The number of rotatable bonds is 3. The first-order valence-electron chi connectivity index (χ1n) is 7.05. The highest BCUT2D eigenvalue weighted by Crippen LogP contribution is 2.56. The van der Waals surface area contributed by atoms with Crippen molar-refractivity contribution in [1.82, 2.24) is 0 Å². The van der Waals surface area contributed by atoms with Crippen LogP contribution in [0.5, 0.6) is 0 Å². The van der Waals surface area contributed by atoms with Crippen LogP contribution in [-0.4, -0.2) is 12.6 Å². The summed E-state index contributed by atoms with van der Waals surface area (Å²) in [6.07, 6.45) is 10.6. The number of ether oxygens (including phenoxy) is 1. The van der Waals surface area contributed by atoms with Gasteiger partial charge in [-0.1, -0.05) is 11.6 Å². The summed E-state index contributed by atoms with van der Waals surface area (Å²) >= 11 is 0. The Morgan fingerprint density at radius 2 is 1.76 bits per heavy atom. The molecule has 4 saturated carbocycles. The molecule has 0 saturated heterocycles. The molecule has 17 heavy (non-hydrogen) atoms. The second kappa shape index (κ2) is 4.47. The fraction of sp³-hybridized carbons (Fsp3) is 0.800. The topological polar surface area (TPSA) is 26.3 Å². The van der Waals surface area contributed by atoms with Crippen LogP contribution < -0.4 is 0 Å². The predicted molar refractivity (Wildman–Crippen MR) is 66.4 cm³/mol. The summed E-state index contributed by atoms with van der Waals surface area (Å²) in [5, 5.41) is 0. The summed E-state index contributed by atoms with van der Waals surface area (Å²) in [6.45, 7) is 2.04. The summed E-state index contributed by atoms with van der Waals surface area (Å²) in [7, 11) is 0. The van der Waals surface area contributed by atoms with E-state index in [1.165, 1.54) is 39.0 Å². The molecule has 2 nitrogen and oxygen atoms in total. The van der Waals surface area contributed by atoms with E-state index in [0.717, 1.165) is 30.1 Å². The summed E-state index contributed by atoms with van der Waals surface area (Å²) in [4.78, 5) is 10.7. The van der Waals surface area contributed by atoms with Crippen molar-refractivity contribution >= 4 is 5.97 Å². The van der Waals surface area contributed by atoms with Crippen LogP contribution in [0.15, 0.2) is 11.6 Å². The van der Waals surface area contributed by atoms with Crippen molar-refractivity contribution in [2.24, 2.45) is 23.7 Å². The van der Waals surface area contributed by atoms with Crippen molar-refractivity contribution in [3.8, 4) is 0 Å². The third-order valence-corrected chi connectivity index (χ3v) is 4.88. The number of hydrogen-bond donors (Lipinski definition) is 0. The zero-order valence-corrected chi connectivity index (χ0v) is 10.7. The zero-order chi connectivity index (χ0) is 11.8. The second-order valence-electron chi connectivity index (χ2n) is 6.14. The Hall–Kier alpha value is -0.790. The molecule has 0 aromatic rings. The first-order chi connectivity index (χ1) is 8.22. The Morgan fingerprint density at radius 3 is 2.29 bits per heavy atom. The lowest BCUT2D eigenvalue weighted by Gasteiger charge is -2.51. The van der Waals surface area contributed by atoms with E-state index in [4.69, 9.17) is 4.74 Å². The summed E-state index contributed by atoms with van der Waals surface area (Å²) in [5.74, 6) is 3.66. The van der Waals surface area contributed by atoms with E-state index in [-0.39, 0.29) is 5.97 Å². The van der Waals surface area contributed by atoms with Crippen molar-refractivity contribution in [3.63, 3.8) is 0 Å². The molecule has 0 aromatic heterocycles. The van der Waals surface area contributed by atoms with Crippen molar-refractivity contribution in [3.05, 3.63) is 11.6 Å². The van der Waals surface area contributed by atoms with Gasteiger partial charge in [-0.2, -0.15) is 0 Å². The zero-order valence-electron chi connectivity index (χ0n) is 10.7. The molecule has 0 radical (unpaired) electrons. The van der Waals surface area contributed by atoms with E-state index in [9.17, 15) is 4.79 Å². The molecule has 0 atom stereocenters. The second-order valence-corrected chi connectivity index (χ2v) is 6.14. The van der Waals surface area contributed by atoms with Crippen molar-refractivity contribution in [1.29, 1.82) is 0 Å². The molecule has 0 N–H and O–H groups in total. The first-order valence-corrected chi connectivity index (χ1v) is 7.05. The molecule has 0 amide bonds.